The first-order valence-electron chi connectivity index (χ1n) is 4.53. The van der Waals surface area contributed by atoms with Crippen LogP contribution in [0.25, 0.3) is 0 Å². The largest absolute Gasteiger partial charge is 0.507 e. The lowest BCUT2D eigenvalue weighted by Gasteiger charge is -2.08. The predicted octanol–water partition coefficient (Wildman–Crippen LogP) is 1.23. The minimum atomic E-state index is -0.241. The van der Waals surface area contributed by atoms with Gasteiger partial charge in [0.2, 0.25) is 0 Å². The van der Waals surface area contributed by atoms with Crippen molar-refractivity contribution in [1.29, 1.82) is 0 Å². The first kappa shape index (κ1) is 12.0. The van der Waals surface area contributed by atoms with Crippen LogP contribution in [-0.4, -0.2) is 23.6 Å². The van der Waals surface area contributed by atoms with E-state index in [0.717, 1.165) is 0 Å². The lowest BCUT2D eigenvalue weighted by atomic mass is 10.2. The molecule has 4 N–H and O–H groups in total. The fourth-order valence-electron chi connectivity index (χ4n) is 1.01. The average Bonchev–Trinajstić information content (AvgIpc) is 2.18. The van der Waals surface area contributed by atoms with E-state index in [0.29, 0.717) is 16.6 Å². The molecule has 0 bridgehead atoms. The van der Waals surface area contributed by atoms with Gasteiger partial charge in [-0.15, -0.1) is 0 Å². The topological polar surface area (TPSA) is 75.3 Å². The number of nitrogens with two attached hydrogens (primary N) is 1. The van der Waals surface area contributed by atoms with Crippen LogP contribution in [0.4, 0.5) is 0 Å². The molecule has 1 amide bonds. The molecule has 4 nitrogen and oxygen atoms in total. The van der Waals surface area contributed by atoms with Crippen molar-refractivity contribution in [3.8, 4) is 5.75 Å². The number of phenolic OH excluding ortho intramolecular Hbond substituents is 1. The second-order valence-electron chi connectivity index (χ2n) is 3.35. The first-order valence-corrected chi connectivity index (χ1v) is 5.32. The summed E-state index contributed by atoms with van der Waals surface area (Å²) in [5, 5.41) is 12.0. The minimum absolute atomic E-state index is 0.0449. The van der Waals surface area contributed by atoms with Crippen LogP contribution in [0, 0.1) is 0 Å². The van der Waals surface area contributed by atoms with Gasteiger partial charge in [-0.3, -0.25) is 4.79 Å². The average molecular weight is 273 g/mol. The fourth-order valence-corrected chi connectivity index (χ4v) is 1.26. The molecule has 0 aliphatic heterocycles. The number of rotatable bonds is 3. The van der Waals surface area contributed by atoms with Crippen LogP contribution in [0.5, 0.6) is 5.75 Å². The third-order valence-corrected chi connectivity index (χ3v) is 2.46. The minimum Gasteiger partial charge on any atom is -0.507 e. The Balaban J connectivity index is 2.70. The number of carbonyl (C=O) groups excluding carboxylic acids is 1. The third-order valence-electron chi connectivity index (χ3n) is 1.79. The van der Waals surface area contributed by atoms with Crippen LogP contribution >= 0.6 is 15.9 Å². The van der Waals surface area contributed by atoms with Gasteiger partial charge in [0, 0.05) is 18.2 Å². The van der Waals surface area contributed by atoms with Crippen molar-refractivity contribution in [2.45, 2.75) is 13.0 Å². The van der Waals surface area contributed by atoms with Crippen molar-refractivity contribution in [3.05, 3.63) is 28.2 Å². The van der Waals surface area contributed by atoms with Gasteiger partial charge in [0.25, 0.3) is 5.91 Å². The highest BCUT2D eigenvalue weighted by atomic mass is 79.9. The number of halogens is 1. The zero-order valence-corrected chi connectivity index (χ0v) is 9.91. The van der Waals surface area contributed by atoms with Gasteiger partial charge in [-0.25, -0.2) is 0 Å². The molecule has 15 heavy (non-hydrogen) atoms. The maximum Gasteiger partial charge on any atom is 0.251 e. The van der Waals surface area contributed by atoms with Crippen molar-refractivity contribution in [3.63, 3.8) is 0 Å². The number of hydrogen-bond acceptors (Lipinski definition) is 3. The predicted molar refractivity (Wildman–Crippen MR) is 61.8 cm³/mol. The van der Waals surface area contributed by atoms with E-state index in [4.69, 9.17) is 5.73 Å². The zero-order valence-electron chi connectivity index (χ0n) is 8.33. The number of carbonyl (C=O) groups is 1. The highest BCUT2D eigenvalue weighted by molar-refractivity contribution is 9.10. The zero-order chi connectivity index (χ0) is 11.4. The summed E-state index contributed by atoms with van der Waals surface area (Å²) < 4.78 is 0.561. The molecular weight excluding hydrogens is 260 g/mol. The molecule has 0 aliphatic carbocycles. The Morgan fingerprint density at radius 2 is 2.33 bits per heavy atom. The van der Waals surface area contributed by atoms with Gasteiger partial charge in [-0.1, -0.05) is 0 Å². The summed E-state index contributed by atoms with van der Waals surface area (Å²) in [6.07, 6.45) is 0. The van der Waals surface area contributed by atoms with Gasteiger partial charge in [-0.2, -0.15) is 0 Å². The standard InChI is InChI=1S/C10H13BrN2O2/c1-6(12)5-13-10(15)7-2-3-8(11)9(14)4-7/h2-4,6,14H,5,12H2,1H3,(H,13,15). The van der Waals surface area contributed by atoms with E-state index in [-0.39, 0.29) is 17.7 Å². The molecule has 1 unspecified atom stereocenters. The molecule has 5 heteroatoms. The number of phenols is 1. The summed E-state index contributed by atoms with van der Waals surface area (Å²) in [5.41, 5.74) is 5.91. The number of aromatic hydroxyl groups is 1. The summed E-state index contributed by atoms with van der Waals surface area (Å²) in [6.45, 7) is 2.22. The van der Waals surface area contributed by atoms with Crippen molar-refractivity contribution < 1.29 is 9.90 Å². The van der Waals surface area contributed by atoms with Crippen LogP contribution in [-0.2, 0) is 0 Å². The van der Waals surface area contributed by atoms with E-state index < -0.39 is 0 Å². The highest BCUT2D eigenvalue weighted by Crippen LogP contribution is 2.24. The van der Waals surface area contributed by atoms with Crippen molar-refractivity contribution >= 4 is 21.8 Å². The SMILES string of the molecule is CC(N)CNC(=O)c1ccc(Br)c(O)c1. The van der Waals surface area contributed by atoms with Crippen molar-refractivity contribution in [1.82, 2.24) is 5.32 Å². The summed E-state index contributed by atoms with van der Waals surface area (Å²) in [7, 11) is 0. The van der Waals surface area contributed by atoms with Crippen LogP contribution in [0.1, 0.15) is 17.3 Å². The molecule has 0 aromatic heterocycles. The molecule has 1 atom stereocenters. The van der Waals surface area contributed by atoms with E-state index >= 15 is 0 Å². The smallest absolute Gasteiger partial charge is 0.251 e. The molecule has 0 fully saturated rings. The van der Waals surface area contributed by atoms with E-state index in [2.05, 4.69) is 21.2 Å². The molecule has 0 heterocycles. The molecule has 0 spiro atoms. The van der Waals surface area contributed by atoms with E-state index in [1.807, 2.05) is 0 Å². The Kier molecular flexibility index (Phi) is 4.11. The summed E-state index contributed by atoms with van der Waals surface area (Å²) in [4.78, 5) is 11.5. The molecule has 1 aromatic carbocycles. The van der Waals surface area contributed by atoms with Crippen LogP contribution in [0.15, 0.2) is 22.7 Å². The maximum absolute atomic E-state index is 11.5. The molecule has 1 aromatic rings. The van der Waals surface area contributed by atoms with Gasteiger partial charge >= 0.3 is 0 Å². The Morgan fingerprint density at radius 3 is 2.87 bits per heavy atom. The van der Waals surface area contributed by atoms with Gasteiger partial charge in [0.05, 0.1) is 4.47 Å². The Morgan fingerprint density at radius 1 is 1.67 bits per heavy atom. The van der Waals surface area contributed by atoms with Crippen molar-refractivity contribution in [2.75, 3.05) is 6.54 Å². The highest BCUT2D eigenvalue weighted by Gasteiger charge is 2.08. The van der Waals surface area contributed by atoms with E-state index in [9.17, 15) is 9.90 Å². The van der Waals surface area contributed by atoms with Crippen LogP contribution in [0.2, 0.25) is 0 Å². The summed E-state index contributed by atoms with van der Waals surface area (Å²) >= 11 is 3.14. The van der Waals surface area contributed by atoms with Gasteiger partial charge < -0.3 is 16.2 Å². The normalized spacial score (nSPS) is 12.2. The number of nitrogens with one attached hydrogen (secondary N) is 1. The molecule has 82 valence electrons. The first-order chi connectivity index (χ1) is 7.00. The molecule has 0 saturated carbocycles. The molecule has 0 aliphatic rings. The Hall–Kier alpha value is -1.07. The Bertz CT molecular complexity index is 366. The number of hydrogen-bond donors (Lipinski definition) is 3. The monoisotopic (exact) mass is 272 g/mol. The number of amides is 1. The Labute approximate surface area is 96.6 Å². The second kappa shape index (κ2) is 5.14. The second-order valence-corrected chi connectivity index (χ2v) is 4.21. The third kappa shape index (κ3) is 3.53. The summed E-state index contributed by atoms with van der Waals surface area (Å²) in [5.74, 6) is -0.196. The number of benzene rings is 1. The lowest BCUT2D eigenvalue weighted by molar-refractivity contribution is 0.0951. The van der Waals surface area contributed by atoms with Gasteiger partial charge in [-0.05, 0) is 41.1 Å². The quantitative estimate of drug-likeness (QED) is 0.775. The lowest BCUT2D eigenvalue weighted by Crippen LogP contribution is -2.35. The van der Waals surface area contributed by atoms with Crippen molar-refractivity contribution in [2.24, 2.45) is 5.73 Å². The van der Waals surface area contributed by atoms with E-state index in [1.54, 1.807) is 19.1 Å². The molecule has 0 radical (unpaired) electrons. The molecule has 1 rings (SSSR count). The fraction of sp³-hybridized carbons (Fsp3) is 0.300. The maximum atomic E-state index is 11.5. The van der Waals surface area contributed by atoms with E-state index in [1.165, 1.54) is 6.07 Å². The van der Waals surface area contributed by atoms with Crippen LogP contribution in [0.3, 0.4) is 0 Å². The van der Waals surface area contributed by atoms with Gasteiger partial charge in [0.15, 0.2) is 0 Å². The molecule has 0 saturated heterocycles. The summed E-state index contributed by atoms with van der Waals surface area (Å²) in [6, 6.07) is 4.56. The van der Waals surface area contributed by atoms with Crippen LogP contribution < -0.4 is 11.1 Å². The van der Waals surface area contributed by atoms with Gasteiger partial charge in [0.1, 0.15) is 5.75 Å². The molecular formula is C10H13BrN2O2.